The van der Waals surface area contributed by atoms with E-state index in [1.807, 2.05) is 18.2 Å². The summed E-state index contributed by atoms with van der Waals surface area (Å²) in [5.74, 6) is -0.354. The van der Waals surface area contributed by atoms with Crippen LogP contribution in [0.15, 0.2) is 61.1 Å². The summed E-state index contributed by atoms with van der Waals surface area (Å²) in [6, 6.07) is 14.4. The molecular formula is C18H14ClN5O. The Bertz CT molecular complexity index is 1050. The minimum absolute atomic E-state index is 0.225. The van der Waals surface area contributed by atoms with Gasteiger partial charge in [0.15, 0.2) is 0 Å². The van der Waals surface area contributed by atoms with Crippen LogP contribution >= 0.6 is 11.6 Å². The van der Waals surface area contributed by atoms with Gasteiger partial charge < -0.3 is 5.32 Å². The molecule has 25 heavy (non-hydrogen) atoms. The first kappa shape index (κ1) is 15.4. The minimum atomic E-state index is -0.354. The average Bonchev–Trinajstić information content (AvgIpc) is 3.24. The molecule has 1 amide bonds. The lowest BCUT2D eigenvalue weighted by Gasteiger charge is -2.06. The average molecular weight is 352 g/mol. The van der Waals surface area contributed by atoms with E-state index in [-0.39, 0.29) is 16.6 Å². The van der Waals surface area contributed by atoms with Gasteiger partial charge in [-0.2, -0.15) is 10.2 Å². The summed E-state index contributed by atoms with van der Waals surface area (Å²) >= 11 is 5.89. The van der Waals surface area contributed by atoms with Crippen molar-refractivity contribution in [3.05, 3.63) is 77.3 Å². The molecule has 0 aliphatic rings. The van der Waals surface area contributed by atoms with Gasteiger partial charge in [0.25, 0.3) is 5.91 Å². The van der Waals surface area contributed by atoms with Crippen LogP contribution in [0.1, 0.15) is 16.1 Å². The van der Waals surface area contributed by atoms with Gasteiger partial charge in [-0.05, 0) is 16.3 Å². The number of H-pyrrole nitrogens is 1. The predicted molar refractivity (Wildman–Crippen MR) is 96.8 cm³/mol. The number of fused-ring (bicyclic) bond motifs is 1. The normalized spacial score (nSPS) is 10.9. The molecule has 7 heteroatoms. The number of aromatic amines is 1. The lowest BCUT2D eigenvalue weighted by Crippen LogP contribution is -2.12. The van der Waals surface area contributed by atoms with Crippen molar-refractivity contribution < 1.29 is 4.79 Å². The topological polar surface area (TPSA) is 75.6 Å². The maximum Gasteiger partial charge on any atom is 0.275 e. The maximum atomic E-state index is 12.1. The predicted octanol–water partition coefficient (Wildman–Crippen LogP) is 3.71. The van der Waals surface area contributed by atoms with Gasteiger partial charge >= 0.3 is 0 Å². The van der Waals surface area contributed by atoms with E-state index in [1.165, 1.54) is 17.0 Å². The molecule has 0 unspecified atom stereocenters. The van der Waals surface area contributed by atoms with Gasteiger partial charge in [-0.1, -0.05) is 54.1 Å². The lowest BCUT2D eigenvalue weighted by atomic mass is 10.0. The molecule has 0 atom stereocenters. The molecule has 0 spiro atoms. The Morgan fingerprint density at radius 1 is 1.16 bits per heavy atom. The zero-order chi connectivity index (χ0) is 17.2. The number of benzene rings is 2. The number of nitrogens with zero attached hydrogens (tertiary/aromatic N) is 3. The van der Waals surface area contributed by atoms with Gasteiger partial charge in [0, 0.05) is 6.20 Å². The molecule has 2 N–H and O–H groups in total. The molecule has 0 aliphatic heterocycles. The fourth-order valence-corrected chi connectivity index (χ4v) is 2.92. The number of amides is 1. The number of nitrogens with one attached hydrogen (secondary N) is 2. The van der Waals surface area contributed by atoms with Gasteiger partial charge in [-0.3, -0.25) is 14.6 Å². The highest BCUT2D eigenvalue weighted by atomic mass is 35.5. The molecule has 0 saturated carbocycles. The second-order valence-corrected chi connectivity index (χ2v) is 6.02. The number of hydrogen-bond donors (Lipinski definition) is 2. The highest BCUT2D eigenvalue weighted by molar-refractivity contribution is 6.34. The van der Waals surface area contributed by atoms with Gasteiger partial charge in [-0.25, -0.2) is 0 Å². The number of rotatable bonds is 4. The summed E-state index contributed by atoms with van der Waals surface area (Å²) in [7, 11) is 0. The summed E-state index contributed by atoms with van der Waals surface area (Å²) in [6.45, 7) is 0.613. The number of halogens is 1. The van der Waals surface area contributed by atoms with Crippen LogP contribution < -0.4 is 5.32 Å². The molecule has 2 aromatic heterocycles. The fraction of sp³-hybridized carbons (Fsp3) is 0.0556. The Balaban J connectivity index is 1.53. The van der Waals surface area contributed by atoms with Crippen molar-refractivity contribution in [1.82, 2.24) is 20.0 Å². The Labute approximate surface area is 148 Å². The molecule has 2 aromatic carbocycles. The van der Waals surface area contributed by atoms with E-state index in [4.69, 9.17) is 11.6 Å². The smallest absolute Gasteiger partial charge is 0.275 e. The van der Waals surface area contributed by atoms with Crippen molar-refractivity contribution in [1.29, 1.82) is 0 Å². The van der Waals surface area contributed by atoms with E-state index < -0.39 is 0 Å². The molecule has 0 aliphatic carbocycles. The first-order chi connectivity index (χ1) is 12.2. The van der Waals surface area contributed by atoms with Gasteiger partial charge in [0.05, 0.1) is 29.6 Å². The van der Waals surface area contributed by atoms with Crippen molar-refractivity contribution in [2.75, 3.05) is 5.32 Å². The molecule has 4 rings (SSSR count). The standard InChI is InChI=1S/C18H14ClN5O/c19-16-9-20-23-17(16)18(25)22-14-8-21-24(11-14)10-13-6-3-5-12-4-1-2-7-15(12)13/h1-9,11H,10H2,(H,20,23)(H,22,25). The van der Waals surface area contributed by atoms with Crippen molar-refractivity contribution in [3.63, 3.8) is 0 Å². The summed E-state index contributed by atoms with van der Waals surface area (Å²) in [6.07, 6.45) is 4.78. The monoisotopic (exact) mass is 351 g/mol. The van der Waals surface area contributed by atoms with E-state index in [0.29, 0.717) is 12.2 Å². The van der Waals surface area contributed by atoms with E-state index in [9.17, 15) is 4.79 Å². The van der Waals surface area contributed by atoms with Gasteiger partial charge in [0.2, 0.25) is 0 Å². The van der Waals surface area contributed by atoms with Crippen molar-refractivity contribution in [2.24, 2.45) is 0 Å². The van der Waals surface area contributed by atoms with Crippen LogP contribution in [0, 0.1) is 0 Å². The Kier molecular flexibility index (Phi) is 3.95. The van der Waals surface area contributed by atoms with Crippen LogP contribution in [0.25, 0.3) is 10.8 Å². The van der Waals surface area contributed by atoms with Gasteiger partial charge in [-0.15, -0.1) is 0 Å². The van der Waals surface area contributed by atoms with E-state index in [1.54, 1.807) is 17.1 Å². The summed E-state index contributed by atoms with van der Waals surface area (Å²) in [5.41, 5.74) is 1.98. The third-order valence-corrected chi connectivity index (χ3v) is 4.21. The maximum absolute atomic E-state index is 12.1. The SMILES string of the molecule is O=C(Nc1cnn(Cc2cccc3ccccc23)c1)c1[nH]ncc1Cl. The van der Waals surface area contributed by atoms with E-state index in [2.05, 4.69) is 44.9 Å². The summed E-state index contributed by atoms with van der Waals surface area (Å²) in [4.78, 5) is 12.1. The molecule has 0 fully saturated rings. The first-order valence-corrected chi connectivity index (χ1v) is 8.08. The highest BCUT2D eigenvalue weighted by Gasteiger charge is 2.13. The Hall–Kier alpha value is -3.12. The van der Waals surface area contributed by atoms with Crippen molar-refractivity contribution in [2.45, 2.75) is 6.54 Å². The number of aromatic nitrogens is 4. The molecular weight excluding hydrogens is 338 g/mol. The zero-order valence-corrected chi connectivity index (χ0v) is 13.9. The van der Waals surface area contributed by atoms with E-state index >= 15 is 0 Å². The second kappa shape index (κ2) is 6.41. The molecule has 6 nitrogen and oxygen atoms in total. The lowest BCUT2D eigenvalue weighted by molar-refractivity contribution is 0.102. The Morgan fingerprint density at radius 2 is 2.00 bits per heavy atom. The number of anilines is 1. The molecule has 4 aromatic rings. The molecule has 2 heterocycles. The minimum Gasteiger partial charge on any atom is -0.318 e. The van der Waals surface area contributed by atoms with Crippen LogP contribution in [0.4, 0.5) is 5.69 Å². The number of carbonyl (C=O) groups excluding carboxylic acids is 1. The van der Waals surface area contributed by atoms with Crippen LogP contribution in [-0.4, -0.2) is 25.9 Å². The van der Waals surface area contributed by atoms with Crippen LogP contribution in [0.2, 0.25) is 5.02 Å². The molecule has 0 saturated heterocycles. The van der Waals surface area contributed by atoms with Crippen LogP contribution in [0.3, 0.4) is 0 Å². The molecule has 124 valence electrons. The van der Waals surface area contributed by atoms with E-state index in [0.717, 1.165) is 5.56 Å². The molecule has 0 radical (unpaired) electrons. The number of carbonyl (C=O) groups is 1. The second-order valence-electron chi connectivity index (χ2n) is 5.61. The quantitative estimate of drug-likeness (QED) is 0.588. The first-order valence-electron chi connectivity index (χ1n) is 7.70. The summed E-state index contributed by atoms with van der Waals surface area (Å²) in [5, 5.41) is 16.0. The fourth-order valence-electron chi connectivity index (χ4n) is 2.74. The van der Waals surface area contributed by atoms with Crippen molar-refractivity contribution >= 4 is 34.0 Å². The third kappa shape index (κ3) is 3.12. The van der Waals surface area contributed by atoms with Gasteiger partial charge in [0.1, 0.15) is 5.69 Å². The molecule has 0 bridgehead atoms. The third-order valence-electron chi connectivity index (χ3n) is 3.92. The number of hydrogen-bond acceptors (Lipinski definition) is 3. The summed E-state index contributed by atoms with van der Waals surface area (Å²) < 4.78 is 1.78. The highest BCUT2D eigenvalue weighted by Crippen LogP contribution is 2.20. The Morgan fingerprint density at radius 3 is 2.84 bits per heavy atom. The van der Waals surface area contributed by atoms with Crippen molar-refractivity contribution in [3.8, 4) is 0 Å². The van der Waals surface area contributed by atoms with Crippen LogP contribution in [-0.2, 0) is 6.54 Å². The largest absolute Gasteiger partial charge is 0.318 e. The zero-order valence-electron chi connectivity index (χ0n) is 13.1. The van der Waals surface area contributed by atoms with Crippen LogP contribution in [0.5, 0.6) is 0 Å².